The Balaban J connectivity index is 1.93. The Bertz CT molecular complexity index is 1110. The highest BCUT2D eigenvalue weighted by atomic mass is 16.6. The van der Waals surface area contributed by atoms with Crippen molar-refractivity contribution in [1.82, 2.24) is 0 Å². The van der Waals surface area contributed by atoms with Gasteiger partial charge in [0.05, 0.1) is 19.1 Å². The van der Waals surface area contributed by atoms with Crippen LogP contribution in [-0.4, -0.2) is 36.5 Å². The molecular formula is C25H26O8. The van der Waals surface area contributed by atoms with Crippen LogP contribution in [-0.2, 0) is 19.1 Å². The van der Waals surface area contributed by atoms with Gasteiger partial charge in [-0.1, -0.05) is 30.3 Å². The first-order chi connectivity index (χ1) is 15.6. The minimum atomic E-state index is -1.05. The van der Waals surface area contributed by atoms with Crippen molar-refractivity contribution in [3.8, 4) is 17.2 Å². The summed E-state index contributed by atoms with van der Waals surface area (Å²) in [6.45, 7) is 5.99. The van der Waals surface area contributed by atoms with Gasteiger partial charge in [0.15, 0.2) is 18.0 Å². The van der Waals surface area contributed by atoms with E-state index in [0.29, 0.717) is 17.1 Å². The summed E-state index contributed by atoms with van der Waals surface area (Å²) in [4.78, 5) is 37.2. The first-order valence-electron chi connectivity index (χ1n) is 10.7. The SMILES string of the molecule is COc1cc2c(c3c1C(=O)C[C@@H](c1ccccc1)O3)[C@@H](OC(C)=O)[C@@H](OC(C)=O)C(C)(C)O2. The van der Waals surface area contributed by atoms with Crippen LogP contribution in [0.3, 0.4) is 0 Å². The van der Waals surface area contributed by atoms with E-state index in [1.807, 2.05) is 30.3 Å². The zero-order valence-corrected chi connectivity index (χ0v) is 19.2. The van der Waals surface area contributed by atoms with Crippen molar-refractivity contribution in [2.45, 2.75) is 58.0 Å². The smallest absolute Gasteiger partial charge is 0.303 e. The molecular weight excluding hydrogens is 428 g/mol. The summed E-state index contributed by atoms with van der Waals surface area (Å²) in [6, 6.07) is 10.9. The predicted molar refractivity (Wildman–Crippen MR) is 117 cm³/mol. The fraction of sp³-hybridized carbons (Fsp3) is 0.400. The maximum atomic E-state index is 13.3. The minimum absolute atomic E-state index is 0.115. The molecule has 8 nitrogen and oxygen atoms in total. The highest BCUT2D eigenvalue weighted by Crippen LogP contribution is 2.54. The summed E-state index contributed by atoms with van der Waals surface area (Å²) in [5.74, 6) is -0.491. The molecule has 2 aromatic rings. The van der Waals surface area contributed by atoms with Gasteiger partial charge in [-0.25, -0.2) is 0 Å². The van der Waals surface area contributed by atoms with E-state index in [4.69, 9.17) is 23.7 Å². The lowest BCUT2D eigenvalue weighted by Crippen LogP contribution is -2.52. The standard InChI is InChI=1S/C25H26O8/c1-13(26)30-23-21-19(33-25(3,4)24(23)31-14(2)27)12-18(29-5)20-16(28)11-17(32-22(20)21)15-9-7-6-8-10-15/h6-10,12,17,23-24H,11H2,1-5H3/t17-,23+,24+/m0/s1. The predicted octanol–water partition coefficient (Wildman–Crippen LogP) is 4.11. The van der Waals surface area contributed by atoms with Crippen molar-refractivity contribution in [3.63, 3.8) is 0 Å². The molecule has 0 aromatic heterocycles. The number of carbonyl (C=O) groups excluding carboxylic acids is 3. The van der Waals surface area contributed by atoms with Crippen LogP contribution in [0.5, 0.6) is 17.2 Å². The van der Waals surface area contributed by atoms with Crippen LogP contribution in [0.1, 0.15) is 67.8 Å². The third kappa shape index (κ3) is 4.13. The summed E-state index contributed by atoms with van der Waals surface area (Å²) >= 11 is 0. The molecule has 2 aliphatic rings. The second-order valence-corrected chi connectivity index (χ2v) is 8.60. The number of methoxy groups -OCH3 is 1. The summed E-state index contributed by atoms with van der Waals surface area (Å²) in [6.07, 6.45) is -2.46. The van der Waals surface area contributed by atoms with Crippen LogP contribution >= 0.6 is 0 Å². The van der Waals surface area contributed by atoms with Gasteiger partial charge in [-0.05, 0) is 19.4 Å². The average molecular weight is 454 g/mol. The van der Waals surface area contributed by atoms with Gasteiger partial charge in [-0.15, -0.1) is 0 Å². The summed E-state index contributed by atoms with van der Waals surface area (Å²) < 4.78 is 29.2. The molecule has 0 saturated heterocycles. The van der Waals surface area contributed by atoms with Gasteiger partial charge in [-0.2, -0.15) is 0 Å². The first kappa shape index (κ1) is 22.6. The second-order valence-electron chi connectivity index (χ2n) is 8.60. The van der Waals surface area contributed by atoms with Crippen molar-refractivity contribution in [2.24, 2.45) is 0 Å². The lowest BCUT2D eigenvalue weighted by atomic mass is 9.84. The van der Waals surface area contributed by atoms with Gasteiger partial charge in [0.1, 0.15) is 34.5 Å². The van der Waals surface area contributed by atoms with Crippen LogP contribution in [0.15, 0.2) is 36.4 Å². The van der Waals surface area contributed by atoms with Crippen LogP contribution < -0.4 is 14.2 Å². The highest BCUT2D eigenvalue weighted by molar-refractivity contribution is 6.03. The molecule has 0 fully saturated rings. The normalized spacial score (nSPS) is 22.7. The number of benzene rings is 2. The topological polar surface area (TPSA) is 97.4 Å². The van der Waals surface area contributed by atoms with Crippen molar-refractivity contribution >= 4 is 17.7 Å². The fourth-order valence-electron chi connectivity index (χ4n) is 4.38. The lowest BCUT2D eigenvalue weighted by molar-refractivity contribution is -0.188. The Morgan fingerprint density at radius 2 is 1.73 bits per heavy atom. The molecule has 0 N–H and O–H groups in total. The molecule has 2 aliphatic heterocycles. The van der Waals surface area contributed by atoms with Gasteiger partial charge in [0.25, 0.3) is 0 Å². The third-order valence-electron chi connectivity index (χ3n) is 5.75. The molecule has 0 saturated carbocycles. The van der Waals surface area contributed by atoms with Crippen molar-refractivity contribution in [3.05, 3.63) is 53.1 Å². The van der Waals surface area contributed by atoms with E-state index in [1.165, 1.54) is 21.0 Å². The molecule has 33 heavy (non-hydrogen) atoms. The quantitative estimate of drug-likeness (QED) is 0.637. The van der Waals surface area contributed by atoms with Crippen molar-refractivity contribution < 1.29 is 38.1 Å². The third-order valence-corrected chi connectivity index (χ3v) is 5.75. The zero-order chi connectivity index (χ0) is 23.9. The fourth-order valence-corrected chi connectivity index (χ4v) is 4.38. The van der Waals surface area contributed by atoms with Gasteiger partial charge < -0.3 is 23.7 Å². The van der Waals surface area contributed by atoms with Crippen molar-refractivity contribution in [2.75, 3.05) is 7.11 Å². The maximum Gasteiger partial charge on any atom is 0.303 e. The second kappa shape index (κ2) is 8.42. The van der Waals surface area contributed by atoms with Crippen LogP contribution in [0.2, 0.25) is 0 Å². The van der Waals surface area contributed by atoms with E-state index < -0.39 is 35.9 Å². The van der Waals surface area contributed by atoms with Gasteiger partial charge in [-0.3, -0.25) is 14.4 Å². The molecule has 2 aromatic carbocycles. The van der Waals surface area contributed by atoms with E-state index in [9.17, 15) is 14.4 Å². The number of fused-ring (bicyclic) bond motifs is 3. The number of ether oxygens (including phenoxy) is 5. The number of carbonyl (C=O) groups is 3. The summed E-state index contributed by atoms with van der Waals surface area (Å²) in [5, 5.41) is 0. The van der Waals surface area contributed by atoms with Gasteiger partial charge in [0.2, 0.25) is 0 Å². The average Bonchev–Trinajstić information content (AvgIpc) is 2.74. The molecule has 2 heterocycles. The largest absolute Gasteiger partial charge is 0.496 e. The number of Topliss-reactive ketones (excluding diaryl/α,β-unsaturated/α-hetero) is 1. The van der Waals surface area contributed by atoms with E-state index >= 15 is 0 Å². The number of hydrogen-bond donors (Lipinski definition) is 0. The Morgan fingerprint density at radius 1 is 1.06 bits per heavy atom. The minimum Gasteiger partial charge on any atom is -0.496 e. The van der Waals surface area contributed by atoms with E-state index in [2.05, 4.69) is 0 Å². The van der Waals surface area contributed by atoms with E-state index in [0.717, 1.165) is 5.56 Å². The molecule has 0 bridgehead atoms. The molecule has 0 amide bonds. The molecule has 0 radical (unpaired) electrons. The molecule has 4 rings (SSSR count). The molecule has 3 atom stereocenters. The van der Waals surface area contributed by atoms with Gasteiger partial charge in [0, 0.05) is 19.9 Å². The Labute approximate surface area is 191 Å². The molecule has 174 valence electrons. The first-order valence-corrected chi connectivity index (χ1v) is 10.7. The summed E-state index contributed by atoms with van der Waals surface area (Å²) in [5.41, 5.74) is 0.354. The molecule has 0 spiro atoms. The van der Waals surface area contributed by atoms with Crippen LogP contribution in [0.25, 0.3) is 0 Å². The van der Waals surface area contributed by atoms with Crippen molar-refractivity contribution in [1.29, 1.82) is 0 Å². The monoisotopic (exact) mass is 454 g/mol. The Hall–Kier alpha value is -3.55. The lowest BCUT2D eigenvalue weighted by Gasteiger charge is -2.44. The molecule has 0 unspecified atom stereocenters. The van der Waals surface area contributed by atoms with E-state index in [-0.39, 0.29) is 23.5 Å². The number of esters is 2. The zero-order valence-electron chi connectivity index (χ0n) is 19.2. The summed E-state index contributed by atoms with van der Waals surface area (Å²) in [7, 11) is 1.46. The number of hydrogen-bond acceptors (Lipinski definition) is 8. The van der Waals surface area contributed by atoms with Crippen LogP contribution in [0.4, 0.5) is 0 Å². The maximum absolute atomic E-state index is 13.3. The van der Waals surface area contributed by atoms with E-state index in [1.54, 1.807) is 19.9 Å². The highest BCUT2D eigenvalue weighted by Gasteiger charge is 2.51. The Kier molecular flexibility index (Phi) is 5.78. The van der Waals surface area contributed by atoms with Gasteiger partial charge >= 0.3 is 11.9 Å². The molecule has 0 aliphatic carbocycles. The molecule has 8 heteroatoms. The number of ketones is 1. The Morgan fingerprint density at radius 3 is 2.33 bits per heavy atom. The van der Waals surface area contributed by atoms with Crippen LogP contribution in [0, 0.1) is 0 Å². The number of rotatable bonds is 4.